The van der Waals surface area contributed by atoms with Crippen molar-refractivity contribution in [3.8, 4) is 5.75 Å². The SMILES string of the molecule is COc1ccc2c(c1)CC[C@H]2c1nc(C)c(C(N)=O)s1. The molecule has 0 saturated heterocycles. The number of primary amides is 1. The van der Waals surface area contributed by atoms with Crippen LogP contribution in [0.15, 0.2) is 18.2 Å². The largest absolute Gasteiger partial charge is 0.497 e. The van der Waals surface area contributed by atoms with Crippen molar-refractivity contribution in [3.05, 3.63) is 44.9 Å². The number of nitrogens with zero attached hydrogens (tertiary/aromatic N) is 1. The normalized spacial score (nSPS) is 17.0. The van der Waals surface area contributed by atoms with Crippen molar-refractivity contribution < 1.29 is 9.53 Å². The maximum Gasteiger partial charge on any atom is 0.260 e. The first-order chi connectivity index (χ1) is 9.60. The van der Waals surface area contributed by atoms with Crippen LogP contribution >= 0.6 is 11.3 Å². The second-order valence-corrected chi connectivity index (χ2v) is 6.02. The Kier molecular flexibility index (Phi) is 3.22. The Bertz CT molecular complexity index is 679. The molecule has 5 heteroatoms. The lowest BCUT2D eigenvalue weighted by Crippen LogP contribution is -2.09. The van der Waals surface area contributed by atoms with Gasteiger partial charge in [0.2, 0.25) is 0 Å². The van der Waals surface area contributed by atoms with E-state index >= 15 is 0 Å². The van der Waals surface area contributed by atoms with Crippen LogP contribution in [-0.4, -0.2) is 18.0 Å². The van der Waals surface area contributed by atoms with Gasteiger partial charge in [0.25, 0.3) is 5.91 Å². The van der Waals surface area contributed by atoms with Gasteiger partial charge in [-0.25, -0.2) is 4.98 Å². The van der Waals surface area contributed by atoms with Crippen LogP contribution in [0.3, 0.4) is 0 Å². The smallest absolute Gasteiger partial charge is 0.260 e. The molecule has 1 aromatic carbocycles. The number of amides is 1. The summed E-state index contributed by atoms with van der Waals surface area (Å²) in [6.07, 6.45) is 2.04. The molecule has 1 aliphatic carbocycles. The number of carbonyl (C=O) groups is 1. The molecule has 0 spiro atoms. The summed E-state index contributed by atoms with van der Waals surface area (Å²) in [7, 11) is 1.68. The zero-order chi connectivity index (χ0) is 14.3. The highest BCUT2D eigenvalue weighted by molar-refractivity contribution is 7.13. The lowest BCUT2D eigenvalue weighted by molar-refractivity contribution is 0.100. The van der Waals surface area contributed by atoms with Crippen LogP contribution in [0.25, 0.3) is 0 Å². The highest BCUT2D eigenvalue weighted by Gasteiger charge is 2.28. The van der Waals surface area contributed by atoms with Gasteiger partial charge in [0.05, 0.1) is 12.8 Å². The van der Waals surface area contributed by atoms with E-state index in [0.29, 0.717) is 4.88 Å². The molecule has 0 aliphatic heterocycles. The highest BCUT2D eigenvalue weighted by atomic mass is 32.1. The van der Waals surface area contributed by atoms with Crippen molar-refractivity contribution in [2.24, 2.45) is 5.73 Å². The molecule has 104 valence electrons. The molecule has 1 heterocycles. The summed E-state index contributed by atoms with van der Waals surface area (Å²) in [5.74, 6) is 0.768. The third-order valence-electron chi connectivity index (χ3n) is 3.76. The molecule has 4 nitrogen and oxygen atoms in total. The van der Waals surface area contributed by atoms with Crippen molar-refractivity contribution >= 4 is 17.2 Å². The van der Waals surface area contributed by atoms with Crippen LogP contribution in [0.1, 0.15) is 43.8 Å². The Hall–Kier alpha value is -1.88. The number of fused-ring (bicyclic) bond motifs is 1. The molecule has 20 heavy (non-hydrogen) atoms. The average Bonchev–Trinajstić information content (AvgIpc) is 3.01. The summed E-state index contributed by atoms with van der Waals surface area (Å²) in [6.45, 7) is 1.84. The van der Waals surface area contributed by atoms with Gasteiger partial charge in [0, 0.05) is 5.92 Å². The summed E-state index contributed by atoms with van der Waals surface area (Å²) in [4.78, 5) is 16.5. The van der Waals surface area contributed by atoms with Crippen molar-refractivity contribution in [2.75, 3.05) is 7.11 Å². The van der Waals surface area contributed by atoms with E-state index in [1.54, 1.807) is 7.11 Å². The van der Waals surface area contributed by atoms with E-state index < -0.39 is 0 Å². The van der Waals surface area contributed by atoms with E-state index in [1.807, 2.05) is 13.0 Å². The first-order valence-electron chi connectivity index (χ1n) is 6.54. The number of nitrogens with two attached hydrogens (primary N) is 1. The molecule has 0 radical (unpaired) electrons. The Morgan fingerprint density at radius 2 is 2.30 bits per heavy atom. The number of thiazole rings is 1. The Morgan fingerprint density at radius 3 is 2.95 bits per heavy atom. The number of aromatic nitrogens is 1. The third-order valence-corrected chi connectivity index (χ3v) is 5.05. The molecule has 0 saturated carbocycles. The van der Waals surface area contributed by atoms with Crippen LogP contribution < -0.4 is 10.5 Å². The van der Waals surface area contributed by atoms with Gasteiger partial charge in [-0.05, 0) is 43.0 Å². The summed E-state index contributed by atoms with van der Waals surface area (Å²) in [5, 5.41) is 0.986. The van der Waals surface area contributed by atoms with Gasteiger partial charge in [-0.2, -0.15) is 0 Å². The maximum absolute atomic E-state index is 11.4. The number of carbonyl (C=O) groups excluding carboxylic acids is 1. The predicted octanol–water partition coefficient (Wildman–Crippen LogP) is 2.64. The second-order valence-electron chi connectivity index (χ2n) is 4.99. The number of methoxy groups -OCH3 is 1. The van der Waals surface area contributed by atoms with Gasteiger partial charge in [0.15, 0.2) is 0 Å². The van der Waals surface area contributed by atoms with Crippen LogP contribution in [-0.2, 0) is 6.42 Å². The molecule has 2 N–H and O–H groups in total. The van der Waals surface area contributed by atoms with Gasteiger partial charge < -0.3 is 10.5 Å². The fourth-order valence-electron chi connectivity index (χ4n) is 2.77. The summed E-state index contributed by atoms with van der Waals surface area (Å²) >= 11 is 1.42. The van der Waals surface area contributed by atoms with Crippen LogP contribution in [0, 0.1) is 6.92 Å². The van der Waals surface area contributed by atoms with E-state index in [-0.39, 0.29) is 11.8 Å². The van der Waals surface area contributed by atoms with E-state index in [1.165, 1.54) is 22.5 Å². The van der Waals surface area contributed by atoms with Crippen molar-refractivity contribution in [2.45, 2.75) is 25.7 Å². The molecule has 1 atom stereocenters. The molecule has 0 fully saturated rings. The van der Waals surface area contributed by atoms with E-state index in [2.05, 4.69) is 17.1 Å². The lowest BCUT2D eigenvalue weighted by Gasteiger charge is -2.09. The average molecular weight is 288 g/mol. The van der Waals surface area contributed by atoms with Gasteiger partial charge in [-0.15, -0.1) is 11.3 Å². The topological polar surface area (TPSA) is 65.2 Å². The molecule has 3 rings (SSSR count). The summed E-state index contributed by atoms with van der Waals surface area (Å²) < 4.78 is 5.26. The Labute approximate surface area is 121 Å². The first kappa shape index (κ1) is 13.1. The van der Waals surface area contributed by atoms with E-state index in [4.69, 9.17) is 10.5 Å². The van der Waals surface area contributed by atoms with Crippen molar-refractivity contribution in [1.29, 1.82) is 0 Å². The van der Waals surface area contributed by atoms with Gasteiger partial charge in [-0.1, -0.05) is 6.07 Å². The highest BCUT2D eigenvalue weighted by Crippen LogP contribution is 2.41. The zero-order valence-corrected chi connectivity index (χ0v) is 12.3. The number of benzene rings is 1. The van der Waals surface area contributed by atoms with Crippen LogP contribution in [0.5, 0.6) is 5.75 Å². The van der Waals surface area contributed by atoms with Gasteiger partial charge in [-0.3, -0.25) is 4.79 Å². The number of ether oxygens (including phenoxy) is 1. The molecular weight excluding hydrogens is 272 g/mol. The number of aryl methyl sites for hydroxylation is 2. The van der Waals surface area contributed by atoms with E-state index in [9.17, 15) is 4.79 Å². The van der Waals surface area contributed by atoms with Gasteiger partial charge >= 0.3 is 0 Å². The maximum atomic E-state index is 11.4. The molecular formula is C15H16N2O2S. The lowest BCUT2D eigenvalue weighted by atomic mass is 10.0. The number of hydrogen-bond acceptors (Lipinski definition) is 4. The number of hydrogen-bond donors (Lipinski definition) is 1. The summed E-state index contributed by atoms with van der Waals surface area (Å²) in [5.41, 5.74) is 8.71. The second kappa shape index (κ2) is 4.90. The first-order valence-corrected chi connectivity index (χ1v) is 7.35. The molecule has 2 aromatic rings. The quantitative estimate of drug-likeness (QED) is 0.944. The molecule has 1 aliphatic rings. The molecule has 0 bridgehead atoms. The monoisotopic (exact) mass is 288 g/mol. The number of rotatable bonds is 3. The minimum absolute atomic E-state index is 0.271. The van der Waals surface area contributed by atoms with E-state index in [0.717, 1.165) is 29.3 Å². The predicted molar refractivity (Wildman–Crippen MR) is 78.5 cm³/mol. The Balaban J connectivity index is 1.99. The fraction of sp³-hybridized carbons (Fsp3) is 0.333. The van der Waals surface area contributed by atoms with Crippen molar-refractivity contribution in [1.82, 2.24) is 4.98 Å². The molecule has 0 unspecified atom stereocenters. The van der Waals surface area contributed by atoms with Crippen molar-refractivity contribution in [3.63, 3.8) is 0 Å². The van der Waals surface area contributed by atoms with Crippen LogP contribution in [0.2, 0.25) is 0 Å². The Morgan fingerprint density at radius 1 is 1.50 bits per heavy atom. The minimum Gasteiger partial charge on any atom is -0.497 e. The molecule has 1 amide bonds. The minimum atomic E-state index is -0.390. The van der Waals surface area contributed by atoms with Crippen LogP contribution in [0.4, 0.5) is 0 Å². The van der Waals surface area contributed by atoms with Gasteiger partial charge in [0.1, 0.15) is 15.6 Å². The third kappa shape index (κ3) is 2.08. The standard InChI is InChI=1S/C15H16N2O2S/c1-8-13(14(16)18)20-15(17-8)12-5-3-9-7-10(19-2)4-6-11(9)12/h4,6-7,12H,3,5H2,1-2H3,(H2,16,18)/t12-/m1/s1. The summed E-state index contributed by atoms with van der Waals surface area (Å²) in [6, 6.07) is 6.17. The molecule has 1 aromatic heterocycles. The zero-order valence-electron chi connectivity index (χ0n) is 11.5. The fourth-order valence-corrected chi connectivity index (χ4v) is 3.85.